The van der Waals surface area contributed by atoms with Gasteiger partial charge in [-0.2, -0.15) is 0 Å². The molecule has 1 aromatic carbocycles. The van der Waals surface area contributed by atoms with Gasteiger partial charge in [0.25, 0.3) is 0 Å². The normalized spacial score (nSPS) is 24.1. The molecule has 2 aliphatic heterocycles. The number of nitrogens with one attached hydrogen (secondary N) is 1. The summed E-state index contributed by atoms with van der Waals surface area (Å²) in [5.74, 6) is 0.714. The molecule has 2 unspecified atom stereocenters. The minimum Gasteiger partial charge on any atom is -0.349 e. The van der Waals surface area contributed by atoms with Gasteiger partial charge in [-0.1, -0.05) is 11.6 Å². The number of thiocarbonyl (C=S) groups is 1. The summed E-state index contributed by atoms with van der Waals surface area (Å²) in [5, 5.41) is 4.79. The molecule has 0 spiro atoms. The number of carbonyl (C=O) groups is 1. The molecule has 1 aromatic rings. The number of amides is 1. The van der Waals surface area contributed by atoms with E-state index in [2.05, 4.69) is 15.1 Å². The molecular weight excluding hydrogens is 354 g/mol. The first-order chi connectivity index (χ1) is 12.0. The summed E-state index contributed by atoms with van der Waals surface area (Å²) < 4.78 is 0. The molecule has 0 aromatic heterocycles. The number of hydrogen-bond acceptors (Lipinski definition) is 2. The van der Waals surface area contributed by atoms with Gasteiger partial charge in [-0.25, -0.2) is 0 Å². The Bertz CT molecular complexity index is 622. The predicted octanol–water partition coefficient (Wildman–Crippen LogP) is 4.15. The van der Waals surface area contributed by atoms with Gasteiger partial charge in [0.1, 0.15) is 0 Å². The number of halogens is 1. The maximum absolute atomic E-state index is 12.0. The molecule has 2 aliphatic rings. The first kappa shape index (κ1) is 18.5. The standard InChI is InChI=1S/C19H26ClN3OS/c1-14(24)23-12-3-2-6-18(23)15-5-4-11-22(13-15)19(25)21-17-9-7-16(20)8-10-17/h7-10,15,18H,2-6,11-13H2,1H3,(H,21,25). The van der Waals surface area contributed by atoms with Crippen LogP contribution in [0.15, 0.2) is 24.3 Å². The summed E-state index contributed by atoms with van der Waals surface area (Å²) in [6.07, 6.45) is 5.76. The molecule has 2 saturated heterocycles. The van der Waals surface area contributed by atoms with Gasteiger partial charge in [0.2, 0.25) is 5.91 Å². The first-order valence-electron chi connectivity index (χ1n) is 9.13. The van der Waals surface area contributed by atoms with Crippen molar-refractivity contribution in [3.05, 3.63) is 29.3 Å². The van der Waals surface area contributed by atoms with Crippen LogP contribution in [-0.2, 0) is 4.79 Å². The van der Waals surface area contributed by atoms with Crippen molar-refractivity contribution in [2.75, 3.05) is 25.0 Å². The van der Waals surface area contributed by atoms with Gasteiger partial charge in [-0.05, 0) is 74.5 Å². The van der Waals surface area contributed by atoms with E-state index in [4.69, 9.17) is 23.8 Å². The minimum absolute atomic E-state index is 0.212. The summed E-state index contributed by atoms with van der Waals surface area (Å²) in [4.78, 5) is 16.3. The number of hydrogen-bond donors (Lipinski definition) is 1. The third kappa shape index (κ3) is 4.64. The number of anilines is 1. The van der Waals surface area contributed by atoms with Crippen molar-refractivity contribution in [1.82, 2.24) is 9.80 Å². The van der Waals surface area contributed by atoms with Gasteiger partial charge in [-0.15, -0.1) is 0 Å². The minimum atomic E-state index is 0.212. The van der Waals surface area contributed by atoms with E-state index < -0.39 is 0 Å². The largest absolute Gasteiger partial charge is 0.349 e. The van der Waals surface area contributed by atoms with Gasteiger partial charge in [0, 0.05) is 43.3 Å². The number of nitrogens with zero attached hydrogens (tertiary/aromatic N) is 2. The Balaban J connectivity index is 1.62. The van der Waals surface area contributed by atoms with Crippen molar-refractivity contribution in [2.45, 2.75) is 45.1 Å². The van der Waals surface area contributed by atoms with E-state index in [0.29, 0.717) is 12.0 Å². The Hall–Kier alpha value is -1.33. The highest BCUT2D eigenvalue weighted by molar-refractivity contribution is 7.80. The summed E-state index contributed by atoms with van der Waals surface area (Å²) in [6, 6.07) is 7.97. The number of rotatable bonds is 2. The molecular formula is C19H26ClN3OS. The fourth-order valence-corrected chi connectivity index (χ4v) is 4.49. The monoisotopic (exact) mass is 379 g/mol. The molecule has 0 aliphatic carbocycles. The lowest BCUT2D eigenvalue weighted by molar-refractivity contribution is -0.134. The Kier molecular flexibility index (Phi) is 6.18. The fraction of sp³-hybridized carbons (Fsp3) is 0.579. The SMILES string of the molecule is CC(=O)N1CCCCC1C1CCCN(C(=S)Nc2ccc(Cl)cc2)C1. The molecule has 3 rings (SSSR count). The topological polar surface area (TPSA) is 35.6 Å². The molecule has 0 radical (unpaired) electrons. The zero-order chi connectivity index (χ0) is 17.8. The first-order valence-corrected chi connectivity index (χ1v) is 9.92. The molecule has 2 fully saturated rings. The van der Waals surface area contributed by atoms with Crippen molar-refractivity contribution >= 4 is 40.5 Å². The Morgan fingerprint density at radius 1 is 1.16 bits per heavy atom. The van der Waals surface area contributed by atoms with Crippen LogP contribution >= 0.6 is 23.8 Å². The second-order valence-electron chi connectivity index (χ2n) is 7.06. The third-order valence-corrected chi connectivity index (χ3v) is 5.95. The van der Waals surface area contributed by atoms with Crippen molar-refractivity contribution in [1.29, 1.82) is 0 Å². The van der Waals surface area contributed by atoms with Crippen LogP contribution in [0.3, 0.4) is 0 Å². The third-order valence-electron chi connectivity index (χ3n) is 5.34. The summed E-state index contributed by atoms with van der Waals surface area (Å²) in [7, 11) is 0. The fourth-order valence-electron chi connectivity index (χ4n) is 4.08. The zero-order valence-electron chi connectivity index (χ0n) is 14.7. The molecule has 2 heterocycles. The summed E-state index contributed by atoms with van der Waals surface area (Å²) >= 11 is 11.6. The average Bonchev–Trinajstić information content (AvgIpc) is 2.63. The molecule has 0 saturated carbocycles. The van der Waals surface area contributed by atoms with Crippen LogP contribution < -0.4 is 5.32 Å². The van der Waals surface area contributed by atoms with Crippen molar-refractivity contribution in [3.63, 3.8) is 0 Å². The highest BCUT2D eigenvalue weighted by Crippen LogP contribution is 2.30. The van der Waals surface area contributed by atoms with Gasteiger partial charge < -0.3 is 15.1 Å². The van der Waals surface area contributed by atoms with Crippen LogP contribution in [0, 0.1) is 5.92 Å². The van der Waals surface area contributed by atoms with Crippen LogP contribution in [0.2, 0.25) is 5.02 Å². The van der Waals surface area contributed by atoms with Gasteiger partial charge in [0.05, 0.1) is 0 Å². The smallest absolute Gasteiger partial charge is 0.219 e. The predicted molar refractivity (Wildman–Crippen MR) is 107 cm³/mol. The van der Waals surface area contributed by atoms with Crippen LogP contribution in [-0.4, -0.2) is 46.5 Å². The lowest BCUT2D eigenvalue weighted by atomic mass is 9.84. The Morgan fingerprint density at radius 3 is 2.64 bits per heavy atom. The van der Waals surface area contributed by atoms with Crippen molar-refractivity contribution < 1.29 is 4.79 Å². The maximum atomic E-state index is 12.0. The van der Waals surface area contributed by atoms with E-state index in [0.717, 1.165) is 54.7 Å². The summed E-state index contributed by atoms with van der Waals surface area (Å²) in [5.41, 5.74) is 0.958. The van der Waals surface area contributed by atoms with E-state index in [1.165, 1.54) is 12.8 Å². The molecule has 25 heavy (non-hydrogen) atoms. The van der Waals surface area contributed by atoms with Crippen molar-refractivity contribution in [3.8, 4) is 0 Å². The highest BCUT2D eigenvalue weighted by Gasteiger charge is 2.34. The second-order valence-corrected chi connectivity index (χ2v) is 7.88. The van der Waals surface area contributed by atoms with Gasteiger partial charge in [-0.3, -0.25) is 4.79 Å². The van der Waals surface area contributed by atoms with Gasteiger partial charge in [0.15, 0.2) is 5.11 Å². The van der Waals surface area contributed by atoms with E-state index in [1.807, 2.05) is 24.3 Å². The van der Waals surface area contributed by atoms with E-state index in [1.54, 1.807) is 6.92 Å². The number of likely N-dealkylation sites (tertiary alicyclic amines) is 2. The number of benzene rings is 1. The maximum Gasteiger partial charge on any atom is 0.219 e. The quantitative estimate of drug-likeness (QED) is 0.783. The van der Waals surface area contributed by atoms with Crippen LogP contribution in [0.1, 0.15) is 39.0 Å². The number of piperidine rings is 2. The van der Waals surface area contributed by atoms with E-state index in [-0.39, 0.29) is 5.91 Å². The molecule has 6 heteroatoms. The van der Waals surface area contributed by atoms with Gasteiger partial charge >= 0.3 is 0 Å². The lowest BCUT2D eigenvalue weighted by Gasteiger charge is -2.44. The second kappa shape index (κ2) is 8.37. The van der Waals surface area contributed by atoms with E-state index in [9.17, 15) is 4.79 Å². The van der Waals surface area contributed by atoms with Crippen LogP contribution in [0.5, 0.6) is 0 Å². The molecule has 0 bridgehead atoms. The molecule has 1 N–H and O–H groups in total. The zero-order valence-corrected chi connectivity index (χ0v) is 16.3. The molecule has 1 amide bonds. The van der Waals surface area contributed by atoms with E-state index >= 15 is 0 Å². The van der Waals surface area contributed by atoms with Crippen molar-refractivity contribution in [2.24, 2.45) is 5.92 Å². The highest BCUT2D eigenvalue weighted by atomic mass is 35.5. The average molecular weight is 380 g/mol. The van der Waals surface area contributed by atoms with Crippen LogP contribution in [0.25, 0.3) is 0 Å². The summed E-state index contributed by atoms with van der Waals surface area (Å²) in [6.45, 7) is 4.51. The lowest BCUT2D eigenvalue weighted by Crippen LogP contribution is -2.52. The molecule has 2 atom stereocenters. The Labute approximate surface area is 160 Å². The molecule has 136 valence electrons. The number of carbonyl (C=O) groups excluding carboxylic acids is 1. The molecule has 4 nitrogen and oxygen atoms in total. The Morgan fingerprint density at radius 2 is 1.92 bits per heavy atom. The van der Waals surface area contributed by atoms with Crippen LogP contribution in [0.4, 0.5) is 5.69 Å².